The molecule has 0 saturated carbocycles. The van der Waals surface area contributed by atoms with Gasteiger partial charge in [0, 0.05) is 11.1 Å². The summed E-state index contributed by atoms with van der Waals surface area (Å²) in [6.45, 7) is 0. The van der Waals surface area contributed by atoms with Gasteiger partial charge in [0.15, 0.2) is 5.82 Å². The molecule has 0 fully saturated rings. The number of halogens is 1. The van der Waals surface area contributed by atoms with Crippen molar-refractivity contribution in [3.05, 3.63) is 54.0 Å². The molecular formula is C12H8FNO2S. The number of carboxylic acid groups (broad SMARTS) is 1. The summed E-state index contributed by atoms with van der Waals surface area (Å²) in [5.41, 5.74) is 0.141. The molecule has 1 heterocycles. The van der Waals surface area contributed by atoms with Crippen LogP contribution in [0.2, 0.25) is 0 Å². The van der Waals surface area contributed by atoms with Gasteiger partial charge in [-0.25, -0.2) is 14.2 Å². The molecule has 0 amide bonds. The van der Waals surface area contributed by atoms with Gasteiger partial charge in [0.25, 0.3) is 0 Å². The molecule has 0 unspecified atom stereocenters. The second-order valence-corrected chi connectivity index (χ2v) is 4.22. The van der Waals surface area contributed by atoms with Crippen molar-refractivity contribution in [3.63, 3.8) is 0 Å². The number of carboxylic acids is 1. The van der Waals surface area contributed by atoms with Gasteiger partial charge in [-0.2, -0.15) is 0 Å². The first-order valence-corrected chi connectivity index (χ1v) is 5.61. The first-order valence-electron chi connectivity index (χ1n) is 4.79. The molecule has 0 spiro atoms. The normalized spacial score (nSPS) is 10.2. The number of benzene rings is 1. The third kappa shape index (κ3) is 2.62. The van der Waals surface area contributed by atoms with Crippen LogP contribution in [0, 0.1) is 5.82 Å². The summed E-state index contributed by atoms with van der Waals surface area (Å²) in [7, 11) is 0. The number of carbonyl (C=O) groups is 1. The van der Waals surface area contributed by atoms with Crippen molar-refractivity contribution in [1.29, 1.82) is 0 Å². The Bertz CT molecular complexity index is 560. The maximum atomic E-state index is 13.4. The van der Waals surface area contributed by atoms with Crippen LogP contribution < -0.4 is 0 Å². The van der Waals surface area contributed by atoms with Crippen LogP contribution in [-0.2, 0) is 0 Å². The third-order valence-corrected chi connectivity index (χ3v) is 3.12. The standard InChI is InChI=1S/C12H8FNO2S/c13-9-5-3-7-14-11(9)17-10-6-2-1-4-8(10)12(15)16/h1-7H,(H,15,16). The molecule has 2 rings (SSSR count). The Morgan fingerprint density at radius 2 is 2.00 bits per heavy atom. The van der Waals surface area contributed by atoms with E-state index in [0.717, 1.165) is 11.8 Å². The summed E-state index contributed by atoms with van der Waals surface area (Å²) in [5, 5.41) is 9.15. The average Bonchev–Trinajstić information content (AvgIpc) is 2.32. The Morgan fingerprint density at radius 1 is 1.24 bits per heavy atom. The van der Waals surface area contributed by atoms with Gasteiger partial charge in [-0.15, -0.1) is 0 Å². The molecular weight excluding hydrogens is 241 g/mol. The fraction of sp³-hybridized carbons (Fsp3) is 0. The van der Waals surface area contributed by atoms with Crippen molar-refractivity contribution in [3.8, 4) is 0 Å². The zero-order valence-electron chi connectivity index (χ0n) is 8.63. The number of hydrogen-bond acceptors (Lipinski definition) is 3. The van der Waals surface area contributed by atoms with Crippen LogP contribution in [0.5, 0.6) is 0 Å². The van der Waals surface area contributed by atoms with Crippen LogP contribution in [-0.4, -0.2) is 16.1 Å². The predicted octanol–water partition coefficient (Wildman–Crippen LogP) is 3.07. The smallest absolute Gasteiger partial charge is 0.336 e. The van der Waals surface area contributed by atoms with Crippen molar-refractivity contribution in [2.24, 2.45) is 0 Å². The summed E-state index contributed by atoms with van der Waals surface area (Å²) in [5.74, 6) is -1.50. The summed E-state index contributed by atoms with van der Waals surface area (Å²) < 4.78 is 13.4. The fourth-order valence-electron chi connectivity index (χ4n) is 1.28. The molecule has 1 aromatic heterocycles. The van der Waals surface area contributed by atoms with E-state index in [1.165, 1.54) is 24.4 Å². The second kappa shape index (κ2) is 4.97. The number of aromatic carboxylic acids is 1. The summed E-state index contributed by atoms with van der Waals surface area (Å²) in [4.78, 5) is 15.3. The van der Waals surface area contributed by atoms with Crippen LogP contribution in [0.25, 0.3) is 0 Å². The minimum atomic E-state index is -1.04. The lowest BCUT2D eigenvalue weighted by Gasteiger charge is -2.05. The summed E-state index contributed by atoms with van der Waals surface area (Å²) >= 11 is 1.00. The number of aromatic nitrogens is 1. The highest BCUT2D eigenvalue weighted by Gasteiger charge is 2.12. The Balaban J connectivity index is 2.37. The monoisotopic (exact) mass is 249 g/mol. The lowest BCUT2D eigenvalue weighted by Crippen LogP contribution is -1.98. The van der Waals surface area contributed by atoms with Gasteiger partial charge < -0.3 is 5.11 Å². The van der Waals surface area contributed by atoms with Gasteiger partial charge in [0.05, 0.1) is 5.56 Å². The predicted molar refractivity (Wildman–Crippen MR) is 61.7 cm³/mol. The lowest BCUT2D eigenvalue weighted by atomic mass is 10.2. The molecule has 2 aromatic rings. The molecule has 0 aliphatic rings. The maximum absolute atomic E-state index is 13.4. The van der Waals surface area contributed by atoms with E-state index < -0.39 is 11.8 Å². The Morgan fingerprint density at radius 3 is 2.71 bits per heavy atom. The van der Waals surface area contributed by atoms with Gasteiger partial charge in [0.1, 0.15) is 5.03 Å². The molecule has 0 aliphatic heterocycles. The van der Waals surface area contributed by atoms with Crippen LogP contribution in [0.1, 0.15) is 10.4 Å². The van der Waals surface area contributed by atoms with Crippen molar-refractivity contribution >= 4 is 17.7 Å². The minimum Gasteiger partial charge on any atom is -0.478 e. The highest BCUT2D eigenvalue weighted by molar-refractivity contribution is 7.99. The van der Waals surface area contributed by atoms with E-state index in [2.05, 4.69) is 4.98 Å². The SMILES string of the molecule is O=C(O)c1ccccc1Sc1ncccc1F. The van der Waals surface area contributed by atoms with E-state index in [0.29, 0.717) is 4.90 Å². The highest BCUT2D eigenvalue weighted by Crippen LogP contribution is 2.30. The molecule has 0 bridgehead atoms. The van der Waals surface area contributed by atoms with Crippen molar-refractivity contribution in [2.75, 3.05) is 0 Å². The first kappa shape index (κ1) is 11.6. The van der Waals surface area contributed by atoms with Crippen molar-refractivity contribution in [1.82, 2.24) is 4.98 Å². The van der Waals surface area contributed by atoms with Crippen molar-refractivity contribution < 1.29 is 14.3 Å². The van der Waals surface area contributed by atoms with E-state index in [9.17, 15) is 9.18 Å². The average molecular weight is 249 g/mol. The number of pyridine rings is 1. The quantitative estimate of drug-likeness (QED) is 0.908. The molecule has 3 nitrogen and oxygen atoms in total. The summed E-state index contributed by atoms with van der Waals surface area (Å²) in [6, 6.07) is 9.22. The first-order chi connectivity index (χ1) is 8.18. The van der Waals surface area contributed by atoms with Crippen LogP contribution >= 0.6 is 11.8 Å². The largest absolute Gasteiger partial charge is 0.478 e. The van der Waals surface area contributed by atoms with E-state index in [4.69, 9.17) is 5.11 Å². The molecule has 0 saturated heterocycles. The molecule has 1 N–H and O–H groups in total. The van der Waals surface area contributed by atoms with Gasteiger partial charge in [-0.05, 0) is 24.3 Å². The molecule has 0 aliphatic carbocycles. The van der Waals surface area contributed by atoms with Gasteiger partial charge in [-0.3, -0.25) is 0 Å². The number of hydrogen-bond donors (Lipinski definition) is 1. The highest BCUT2D eigenvalue weighted by atomic mass is 32.2. The van der Waals surface area contributed by atoms with E-state index in [-0.39, 0.29) is 10.6 Å². The third-order valence-electron chi connectivity index (χ3n) is 2.05. The fourth-order valence-corrected chi connectivity index (χ4v) is 2.18. The zero-order chi connectivity index (χ0) is 12.3. The minimum absolute atomic E-state index is 0.141. The van der Waals surface area contributed by atoms with Gasteiger partial charge >= 0.3 is 5.97 Å². The van der Waals surface area contributed by atoms with E-state index >= 15 is 0 Å². The Hall–Kier alpha value is -1.88. The number of nitrogens with zero attached hydrogens (tertiary/aromatic N) is 1. The summed E-state index contributed by atoms with van der Waals surface area (Å²) in [6.07, 6.45) is 1.47. The van der Waals surface area contributed by atoms with Crippen LogP contribution in [0.3, 0.4) is 0 Å². The number of rotatable bonds is 3. The zero-order valence-corrected chi connectivity index (χ0v) is 9.45. The maximum Gasteiger partial charge on any atom is 0.336 e. The molecule has 1 aromatic carbocycles. The van der Waals surface area contributed by atoms with Gasteiger partial charge in [0.2, 0.25) is 0 Å². The molecule has 86 valence electrons. The molecule has 17 heavy (non-hydrogen) atoms. The van der Waals surface area contributed by atoms with E-state index in [1.54, 1.807) is 18.2 Å². The topological polar surface area (TPSA) is 50.2 Å². The van der Waals surface area contributed by atoms with Crippen LogP contribution in [0.15, 0.2) is 52.5 Å². The Labute approximate surface area is 101 Å². The lowest BCUT2D eigenvalue weighted by molar-refractivity contribution is 0.0693. The van der Waals surface area contributed by atoms with Gasteiger partial charge in [-0.1, -0.05) is 23.9 Å². The molecule has 0 atom stereocenters. The second-order valence-electron chi connectivity index (χ2n) is 3.19. The van der Waals surface area contributed by atoms with E-state index in [1.807, 2.05) is 0 Å². The molecule has 0 radical (unpaired) electrons. The van der Waals surface area contributed by atoms with Crippen molar-refractivity contribution in [2.45, 2.75) is 9.92 Å². The Kier molecular flexibility index (Phi) is 3.39. The molecule has 5 heteroatoms. The van der Waals surface area contributed by atoms with Crippen LogP contribution in [0.4, 0.5) is 4.39 Å².